The Morgan fingerprint density at radius 1 is 1.10 bits per heavy atom. The van der Waals surface area contributed by atoms with E-state index in [9.17, 15) is 9.90 Å². The molecule has 0 saturated carbocycles. The predicted octanol–water partition coefficient (Wildman–Crippen LogP) is 3.37. The highest BCUT2D eigenvalue weighted by molar-refractivity contribution is 6.30. The van der Waals surface area contributed by atoms with Crippen LogP contribution in [0.3, 0.4) is 0 Å². The highest BCUT2D eigenvalue weighted by Gasteiger charge is 2.44. The molecule has 102 valence electrons. The minimum atomic E-state index is -0.992. The molecule has 3 nitrogen and oxygen atoms in total. The molecule has 0 aromatic heterocycles. The number of nitrogens with one attached hydrogen (secondary N) is 1. The highest BCUT2D eigenvalue weighted by Crippen LogP contribution is 2.33. The quantitative estimate of drug-likeness (QED) is 0.910. The van der Waals surface area contributed by atoms with Crippen LogP contribution >= 0.6 is 11.6 Å². The molecule has 3 rings (SSSR count). The van der Waals surface area contributed by atoms with Gasteiger partial charge < -0.3 is 10.4 Å². The normalized spacial score (nSPS) is 15.7. The summed E-state index contributed by atoms with van der Waals surface area (Å²) in [6, 6.07) is 15.0. The first-order chi connectivity index (χ1) is 9.59. The third-order valence-electron chi connectivity index (χ3n) is 3.72. The van der Waals surface area contributed by atoms with Crippen LogP contribution in [-0.2, 0) is 17.6 Å². The first-order valence-corrected chi connectivity index (χ1v) is 6.81. The Morgan fingerprint density at radius 3 is 2.30 bits per heavy atom. The van der Waals surface area contributed by atoms with Crippen LogP contribution in [0.25, 0.3) is 0 Å². The third kappa shape index (κ3) is 2.25. The molecule has 1 aliphatic rings. The van der Waals surface area contributed by atoms with E-state index in [1.165, 1.54) is 0 Å². The zero-order valence-corrected chi connectivity index (χ0v) is 11.5. The van der Waals surface area contributed by atoms with Gasteiger partial charge in [-0.05, 0) is 29.3 Å². The summed E-state index contributed by atoms with van der Waals surface area (Å²) in [5.74, 6) is -0.839. The van der Waals surface area contributed by atoms with Crippen LogP contribution in [0.5, 0.6) is 0 Å². The predicted molar refractivity (Wildman–Crippen MR) is 79.3 cm³/mol. The van der Waals surface area contributed by atoms with E-state index < -0.39 is 11.5 Å². The number of benzene rings is 2. The fourth-order valence-electron chi connectivity index (χ4n) is 2.75. The van der Waals surface area contributed by atoms with Gasteiger partial charge in [0.1, 0.15) is 5.54 Å². The molecule has 20 heavy (non-hydrogen) atoms. The van der Waals surface area contributed by atoms with Crippen LogP contribution < -0.4 is 5.32 Å². The smallest absolute Gasteiger partial charge is 0.330 e. The van der Waals surface area contributed by atoms with Crippen LogP contribution in [0.15, 0.2) is 48.5 Å². The number of fused-ring (bicyclic) bond motifs is 1. The van der Waals surface area contributed by atoms with E-state index in [1.807, 2.05) is 36.4 Å². The summed E-state index contributed by atoms with van der Waals surface area (Å²) in [6.45, 7) is 0. The van der Waals surface area contributed by atoms with E-state index in [0.717, 1.165) is 16.8 Å². The van der Waals surface area contributed by atoms with Crippen molar-refractivity contribution in [1.29, 1.82) is 0 Å². The van der Waals surface area contributed by atoms with Crippen LogP contribution in [0.4, 0.5) is 5.69 Å². The number of carboxylic acid groups (broad SMARTS) is 1. The molecule has 2 aromatic rings. The Morgan fingerprint density at radius 2 is 1.75 bits per heavy atom. The number of hydrogen-bond acceptors (Lipinski definition) is 2. The molecule has 0 aliphatic heterocycles. The van der Waals surface area contributed by atoms with E-state index in [1.54, 1.807) is 12.1 Å². The Kier molecular flexibility index (Phi) is 3.14. The number of aliphatic carboxylic acids is 1. The minimum Gasteiger partial charge on any atom is -0.479 e. The number of carboxylic acids is 1. The van der Waals surface area contributed by atoms with Crippen molar-refractivity contribution >= 4 is 23.3 Å². The van der Waals surface area contributed by atoms with Gasteiger partial charge in [-0.15, -0.1) is 0 Å². The topological polar surface area (TPSA) is 49.3 Å². The molecule has 0 fully saturated rings. The SMILES string of the molecule is O=C(O)C1(Nc2cccc(Cl)c2)Cc2ccccc2C1. The van der Waals surface area contributed by atoms with Crippen LogP contribution in [0, 0.1) is 0 Å². The summed E-state index contributed by atoms with van der Waals surface area (Å²) in [4.78, 5) is 11.8. The molecule has 0 spiro atoms. The minimum absolute atomic E-state index is 0.477. The van der Waals surface area contributed by atoms with E-state index in [0.29, 0.717) is 17.9 Å². The molecule has 2 N–H and O–H groups in total. The molecule has 0 unspecified atom stereocenters. The van der Waals surface area contributed by atoms with Gasteiger partial charge in [0.05, 0.1) is 0 Å². The van der Waals surface area contributed by atoms with Gasteiger partial charge in [0.25, 0.3) is 0 Å². The number of carbonyl (C=O) groups is 1. The van der Waals surface area contributed by atoms with Gasteiger partial charge in [0, 0.05) is 23.6 Å². The van der Waals surface area contributed by atoms with Gasteiger partial charge in [-0.25, -0.2) is 4.79 Å². The molecule has 1 aliphatic carbocycles. The van der Waals surface area contributed by atoms with Gasteiger partial charge in [0.15, 0.2) is 0 Å². The average Bonchev–Trinajstić information content (AvgIpc) is 2.78. The maximum atomic E-state index is 11.8. The molecular formula is C16H14ClNO2. The Balaban J connectivity index is 1.94. The summed E-state index contributed by atoms with van der Waals surface area (Å²) in [7, 11) is 0. The van der Waals surface area contributed by atoms with Crippen LogP contribution in [-0.4, -0.2) is 16.6 Å². The third-order valence-corrected chi connectivity index (χ3v) is 3.96. The molecule has 4 heteroatoms. The van der Waals surface area contributed by atoms with Crippen molar-refractivity contribution in [2.24, 2.45) is 0 Å². The van der Waals surface area contributed by atoms with Gasteiger partial charge in [-0.1, -0.05) is 41.9 Å². The first-order valence-electron chi connectivity index (χ1n) is 6.43. The average molecular weight is 288 g/mol. The molecule has 0 bridgehead atoms. The zero-order chi connectivity index (χ0) is 14.2. The van der Waals surface area contributed by atoms with E-state index in [-0.39, 0.29) is 0 Å². The lowest BCUT2D eigenvalue weighted by Crippen LogP contribution is -2.47. The molecule has 0 radical (unpaired) electrons. The summed E-state index contributed by atoms with van der Waals surface area (Å²) in [5.41, 5.74) is 1.91. The second-order valence-corrected chi connectivity index (χ2v) is 5.58. The Hall–Kier alpha value is -2.00. The molecule has 2 aromatic carbocycles. The van der Waals surface area contributed by atoms with Crippen LogP contribution in [0.1, 0.15) is 11.1 Å². The van der Waals surface area contributed by atoms with Gasteiger partial charge in [-0.2, -0.15) is 0 Å². The number of halogens is 1. The Bertz CT molecular complexity index is 644. The van der Waals surface area contributed by atoms with E-state index in [4.69, 9.17) is 11.6 Å². The van der Waals surface area contributed by atoms with Gasteiger partial charge in [0.2, 0.25) is 0 Å². The monoisotopic (exact) mass is 287 g/mol. The maximum absolute atomic E-state index is 11.8. The molecular weight excluding hydrogens is 274 g/mol. The highest BCUT2D eigenvalue weighted by atomic mass is 35.5. The molecule has 0 heterocycles. The van der Waals surface area contributed by atoms with Crippen molar-refractivity contribution in [3.05, 3.63) is 64.7 Å². The lowest BCUT2D eigenvalue weighted by atomic mass is 9.95. The second kappa shape index (κ2) is 4.84. The largest absolute Gasteiger partial charge is 0.479 e. The summed E-state index contributed by atoms with van der Waals surface area (Å²) in [5, 5.41) is 13.4. The van der Waals surface area contributed by atoms with Crippen molar-refractivity contribution in [1.82, 2.24) is 0 Å². The van der Waals surface area contributed by atoms with Crippen molar-refractivity contribution in [3.8, 4) is 0 Å². The molecule has 0 saturated heterocycles. The summed E-state index contributed by atoms with van der Waals surface area (Å²) in [6.07, 6.45) is 0.954. The van der Waals surface area contributed by atoms with Crippen molar-refractivity contribution in [3.63, 3.8) is 0 Å². The van der Waals surface area contributed by atoms with E-state index in [2.05, 4.69) is 5.32 Å². The van der Waals surface area contributed by atoms with Crippen molar-refractivity contribution in [2.75, 3.05) is 5.32 Å². The fraction of sp³-hybridized carbons (Fsp3) is 0.188. The summed E-state index contributed by atoms with van der Waals surface area (Å²) >= 11 is 5.96. The van der Waals surface area contributed by atoms with Crippen molar-refractivity contribution < 1.29 is 9.90 Å². The Labute approximate surface area is 122 Å². The standard InChI is InChI=1S/C16H14ClNO2/c17-13-6-3-7-14(8-13)18-16(15(19)20)9-11-4-1-2-5-12(11)10-16/h1-8,18H,9-10H2,(H,19,20). The maximum Gasteiger partial charge on any atom is 0.330 e. The zero-order valence-electron chi connectivity index (χ0n) is 10.8. The fourth-order valence-corrected chi connectivity index (χ4v) is 2.94. The van der Waals surface area contributed by atoms with Crippen LogP contribution in [0.2, 0.25) is 5.02 Å². The lowest BCUT2D eigenvalue weighted by molar-refractivity contribution is -0.142. The van der Waals surface area contributed by atoms with E-state index >= 15 is 0 Å². The number of hydrogen-bond donors (Lipinski definition) is 2. The van der Waals surface area contributed by atoms with Crippen molar-refractivity contribution in [2.45, 2.75) is 18.4 Å². The molecule has 0 amide bonds. The number of anilines is 1. The van der Waals surface area contributed by atoms with Gasteiger partial charge >= 0.3 is 5.97 Å². The molecule has 0 atom stereocenters. The summed E-state index contributed by atoms with van der Waals surface area (Å²) < 4.78 is 0. The first kappa shape index (κ1) is 13.0. The lowest BCUT2D eigenvalue weighted by Gasteiger charge is -2.26. The number of rotatable bonds is 3. The van der Waals surface area contributed by atoms with Gasteiger partial charge in [-0.3, -0.25) is 0 Å². The second-order valence-electron chi connectivity index (χ2n) is 5.14.